The van der Waals surface area contributed by atoms with E-state index in [9.17, 15) is 14.4 Å². The van der Waals surface area contributed by atoms with Crippen molar-refractivity contribution in [1.82, 2.24) is 14.9 Å². The lowest BCUT2D eigenvalue weighted by atomic mass is 10.2. The van der Waals surface area contributed by atoms with Crippen LogP contribution >= 0.6 is 11.3 Å². The molecule has 0 saturated heterocycles. The Morgan fingerprint density at radius 2 is 2.07 bits per heavy atom. The van der Waals surface area contributed by atoms with Crippen molar-refractivity contribution in [2.75, 3.05) is 26.5 Å². The van der Waals surface area contributed by atoms with Gasteiger partial charge in [-0.25, -0.2) is 9.78 Å². The minimum absolute atomic E-state index is 0.262. The molecule has 3 rings (SSSR count). The number of esters is 1. The van der Waals surface area contributed by atoms with E-state index in [-0.39, 0.29) is 11.5 Å². The molecule has 0 aliphatic carbocycles. The number of nitrogens with one attached hydrogen (secondary N) is 2. The van der Waals surface area contributed by atoms with Crippen molar-refractivity contribution in [3.05, 3.63) is 56.4 Å². The maximum atomic E-state index is 12.8. The summed E-state index contributed by atoms with van der Waals surface area (Å²) in [7, 11) is 5.06. The Balaban J connectivity index is 1.94. The molecule has 0 spiro atoms. The lowest BCUT2D eigenvalue weighted by molar-refractivity contribution is 0.0600. The molecule has 2 aromatic heterocycles. The lowest BCUT2D eigenvalue weighted by Crippen LogP contribution is -2.18. The largest absolute Gasteiger partial charge is 0.465 e. The summed E-state index contributed by atoms with van der Waals surface area (Å²) >= 11 is 1.17. The van der Waals surface area contributed by atoms with Crippen molar-refractivity contribution >= 4 is 39.1 Å². The number of aromatic nitrogens is 2. The van der Waals surface area contributed by atoms with E-state index in [0.29, 0.717) is 44.3 Å². The maximum absolute atomic E-state index is 12.8. The summed E-state index contributed by atoms with van der Waals surface area (Å²) in [6, 6.07) is 6.46. The number of ether oxygens (including phenoxy) is 1. The third-order valence-corrected chi connectivity index (χ3v) is 5.25. The van der Waals surface area contributed by atoms with Gasteiger partial charge in [-0.3, -0.25) is 9.59 Å². The van der Waals surface area contributed by atoms with Crippen molar-refractivity contribution in [3.8, 4) is 0 Å². The van der Waals surface area contributed by atoms with E-state index in [2.05, 4.69) is 15.3 Å². The van der Waals surface area contributed by atoms with Gasteiger partial charge in [0.15, 0.2) is 0 Å². The molecule has 0 unspecified atom stereocenters. The van der Waals surface area contributed by atoms with E-state index >= 15 is 0 Å². The van der Waals surface area contributed by atoms with Crippen molar-refractivity contribution < 1.29 is 14.3 Å². The summed E-state index contributed by atoms with van der Waals surface area (Å²) in [6.07, 6.45) is 0. The first kappa shape index (κ1) is 19.7. The molecule has 8 nitrogen and oxygen atoms in total. The molecule has 0 saturated carbocycles. The van der Waals surface area contributed by atoms with Crippen LogP contribution in [0.2, 0.25) is 0 Å². The molecule has 1 aromatic carbocycles. The summed E-state index contributed by atoms with van der Waals surface area (Å²) < 4.78 is 4.69. The van der Waals surface area contributed by atoms with Crippen LogP contribution in [0.1, 0.15) is 31.4 Å². The highest BCUT2D eigenvalue weighted by Crippen LogP contribution is 2.28. The fourth-order valence-corrected chi connectivity index (χ4v) is 3.91. The smallest absolute Gasteiger partial charge is 0.337 e. The Morgan fingerprint density at radius 1 is 1.32 bits per heavy atom. The third kappa shape index (κ3) is 3.95. The minimum Gasteiger partial charge on any atom is -0.465 e. The number of aromatic amines is 1. The average molecular weight is 400 g/mol. The number of hydrogen-bond donors (Lipinski definition) is 2. The summed E-state index contributed by atoms with van der Waals surface area (Å²) in [6.45, 7) is 2.21. The molecule has 0 radical (unpaired) electrons. The van der Waals surface area contributed by atoms with Crippen LogP contribution in [0.4, 0.5) is 5.69 Å². The summed E-state index contributed by atoms with van der Waals surface area (Å²) in [5.41, 5.74) is 1.11. The number of thiophene rings is 1. The van der Waals surface area contributed by atoms with Gasteiger partial charge in [0.05, 0.1) is 29.5 Å². The summed E-state index contributed by atoms with van der Waals surface area (Å²) in [5.74, 6) is -0.309. The fraction of sp³-hybridized carbons (Fsp3) is 0.263. The summed E-state index contributed by atoms with van der Waals surface area (Å²) in [4.78, 5) is 46.9. The first-order valence-electron chi connectivity index (χ1n) is 8.47. The number of fused-ring (bicyclic) bond motifs is 1. The first-order chi connectivity index (χ1) is 13.3. The monoisotopic (exact) mass is 400 g/mol. The highest BCUT2D eigenvalue weighted by atomic mass is 32.1. The van der Waals surface area contributed by atoms with Gasteiger partial charge < -0.3 is 19.9 Å². The molecule has 28 heavy (non-hydrogen) atoms. The molecule has 9 heteroatoms. The van der Waals surface area contributed by atoms with Gasteiger partial charge in [0.25, 0.3) is 11.5 Å². The minimum atomic E-state index is -0.488. The van der Waals surface area contributed by atoms with Gasteiger partial charge in [-0.1, -0.05) is 6.07 Å². The predicted molar refractivity (Wildman–Crippen MR) is 108 cm³/mol. The molecule has 0 atom stereocenters. The van der Waals surface area contributed by atoms with Crippen LogP contribution in [0, 0.1) is 6.92 Å². The first-order valence-corrected chi connectivity index (χ1v) is 9.28. The molecule has 2 N–H and O–H groups in total. The number of carbonyl (C=O) groups is 2. The maximum Gasteiger partial charge on any atom is 0.337 e. The number of methoxy groups -OCH3 is 1. The Hall–Kier alpha value is -3.04. The normalized spacial score (nSPS) is 11.0. The molecule has 2 heterocycles. The van der Waals surface area contributed by atoms with Crippen LogP contribution < -0.4 is 10.9 Å². The molecule has 0 fully saturated rings. The molecule has 0 bridgehead atoms. The lowest BCUT2D eigenvalue weighted by Gasteiger charge is -2.07. The van der Waals surface area contributed by atoms with Gasteiger partial charge >= 0.3 is 5.97 Å². The standard InChI is InChI=1S/C19H20N4O4S/c1-10-14-16(24)21-13(9-23(2)3)22-18(14)28-15(10)17(25)20-12-7-5-6-11(8-12)19(26)27-4/h5-8H,9H2,1-4H3,(H,20,25)(H,21,22,24). The number of rotatable bonds is 5. The Kier molecular flexibility index (Phi) is 5.57. The van der Waals surface area contributed by atoms with E-state index in [1.165, 1.54) is 24.5 Å². The highest BCUT2D eigenvalue weighted by molar-refractivity contribution is 7.20. The van der Waals surface area contributed by atoms with Crippen molar-refractivity contribution in [2.45, 2.75) is 13.5 Å². The zero-order chi connectivity index (χ0) is 20.4. The van der Waals surface area contributed by atoms with E-state index in [0.717, 1.165) is 0 Å². The quantitative estimate of drug-likeness (QED) is 0.637. The van der Waals surface area contributed by atoms with Gasteiger partial charge in [-0.05, 0) is 44.8 Å². The van der Waals surface area contributed by atoms with Crippen LogP contribution in [0.25, 0.3) is 10.2 Å². The Labute approximate surface area is 165 Å². The number of aryl methyl sites for hydroxylation is 1. The van der Waals surface area contributed by atoms with E-state index < -0.39 is 5.97 Å². The van der Waals surface area contributed by atoms with E-state index in [1.807, 2.05) is 19.0 Å². The Bertz CT molecular complexity index is 1120. The second-order valence-electron chi connectivity index (χ2n) is 6.51. The second-order valence-corrected chi connectivity index (χ2v) is 7.51. The molecule has 0 aliphatic rings. The number of H-pyrrole nitrogens is 1. The van der Waals surface area contributed by atoms with Gasteiger partial charge in [0, 0.05) is 5.69 Å². The van der Waals surface area contributed by atoms with E-state index in [1.54, 1.807) is 25.1 Å². The van der Waals surface area contributed by atoms with Crippen LogP contribution in [0.3, 0.4) is 0 Å². The number of anilines is 1. The number of carbonyl (C=O) groups excluding carboxylic acids is 2. The average Bonchev–Trinajstić information content (AvgIpc) is 2.97. The molecule has 0 aliphatic heterocycles. The highest BCUT2D eigenvalue weighted by Gasteiger charge is 2.20. The van der Waals surface area contributed by atoms with Crippen molar-refractivity contribution in [2.24, 2.45) is 0 Å². The van der Waals surface area contributed by atoms with Crippen LogP contribution in [-0.4, -0.2) is 47.9 Å². The number of hydrogen-bond acceptors (Lipinski definition) is 7. The SMILES string of the molecule is COC(=O)c1cccc(NC(=O)c2sc3nc(CN(C)C)[nH]c(=O)c3c2C)c1. The van der Waals surface area contributed by atoms with Gasteiger partial charge in [-0.15, -0.1) is 11.3 Å². The molecular formula is C19H20N4O4S. The zero-order valence-corrected chi connectivity index (χ0v) is 16.8. The van der Waals surface area contributed by atoms with Crippen LogP contribution in [0.15, 0.2) is 29.1 Å². The van der Waals surface area contributed by atoms with E-state index in [4.69, 9.17) is 4.74 Å². The number of amides is 1. The van der Waals surface area contributed by atoms with Crippen LogP contribution in [0.5, 0.6) is 0 Å². The second kappa shape index (κ2) is 7.91. The molecule has 1 amide bonds. The molecule has 3 aromatic rings. The van der Waals surface area contributed by atoms with Gasteiger partial charge in [0.1, 0.15) is 10.7 Å². The fourth-order valence-electron chi connectivity index (χ4n) is 2.81. The Morgan fingerprint density at radius 3 is 2.75 bits per heavy atom. The summed E-state index contributed by atoms with van der Waals surface area (Å²) in [5, 5.41) is 3.18. The topological polar surface area (TPSA) is 104 Å². The molecular weight excluding hydrogens is 380 g/mol. The zero-order valence-electron chi connectivity index (χ0n) is 16.0. The number of benzene rings is 1. The van der Waals surface area contributed by atoms with Gasteiger partial charge in [-0.2, -0.15) is 0 Å². The van der Waals surface area contributed by atoms with Crippen molar-refractivity contribution in [3.63, 3.8) is 0 Å². The van der Waals surface area contributed by atoms with Crippen molar-refractivity contribution in [1.29, 1.82) is 0 Å². The van der Waals surface area contributed by atoms with Gasteiger partial charge in [0.2, 0.25) is 0 Å². The van der Waals surface area contributed by atoms with Crippen LogP contribution in [-0.2, 0) is 11.3 Å². The number of nitrogens with zero attached hydrogens (tertiary/aromatic N) is 2. The molecule has 146 valence electrons. The predicted octanol–water partition coefficient (Wildman–Crippen LogP) is 2.39. The third-order valence-electron chi connectivity index (χ3n) is 4.06.